The second-order valence-electron chi connectivity index (χ2n) is 3.69. The predicted molar refractivity (Wildman–Crippen MR) is 56.6 cm³/mol. The quantitative estimate of drug-likeness (QED) is 0.764. The fourth-order valence-electron chi connectivity index (χ4n) is 1.76. The van der Waals surface area contributed by atoms with Gasteiger partial charge in [-0.15, -0.1) is 0 Å². The van der Waals surface area contributed by atoms with Crippen molar-refractivity contribution in [2.24, 2.45) is 0 Å². The summed E-state index contributed by atoms with van der Waals surface area (Å²) in [5, 5.41) is 9.61. The van der Waals surface area contributed by atoms with Crippen LogP contribution in [-0.4, -0.2) is 28.9 Å². The molecule has 1 N–H and O–H groups in total. The molecule has 0 aliphatic carbocycles. The molecule has 0 aliphatic heterocycles. The molecule has 4 heteroatoms. The average Bonchev–Trinajstić information content (AvgIpc) is 2.49. The number of methoxy groups -OCH3 is 1. The highest BCUT2D eigenvalue weighted by molar-refractivity contribution is 5.75. The number of aromatic nitrogens is 1. The number of carbonyl (C=O) groups is 1. The van der Waals surface area contributed by atoms with E-state index >= 15 is 0 Å². The third kappa shape index (κ3) is 2.21. The zero-order valence-electron chi connectivity index (χ0n) is 9.52. The molecule has 2 atom stereocenters. The Kier molecular flexibility index (Phi) is 3.52. The number of aliphatic hydroxyl groups excluding tert-OH is 1. The lowest BCUT2D eigenvalue weighted by Gasteiger charge is -2.22. The van der Waals surface area contributed by atoms with Gasteiger partial charge < -0.3 is 14.4 Å². The van der Waals surface area contributed by atoms with Crippen molar-refractivity contribution in [3.8, 4) is 0 Å². The second kappa shape index (κ2) is 4.49. The lowest BCUT2D eigenvalue weighted by atomic mass is 10.1. The fourth-order valence-corrected chi connectivity index (χ4v) is 1.76. The van der Waals surface area contributed by atoms with E-state index in [0.29, 0.717) is 0 Å². The third-order valence-corrected chi connectivity index (χ3v) is 2.50. The molecule has 84 valence electrons. The zero-order valence-corrected chi connectivity index (χ0v) is 9.52. The highest BCUT2D eigenvalue weighted by Gasteiger charge is 2.28. The molecule has 0 aromatic carbocycles. The van der Waals surface area contributed by atoms with E-state index in [9.17, 15) is 9.90 Å². The number of aryl methyl sites for hydroxylation is 2. The summed E-state index contributed by atoms with van der Waals surface area (Å²) in [5.74, 6) is -0.424. The number of esters is 1. The van der Waals surface area contributed by atoms with Crippen LogP contribution < -0.4 is 0 Å². The van der Waals surface area contributed by atoms with E-state index in [1.165, 1.54) is 7.11 Å². The molecular formula is C11H17NO3. The largest absolute Gasteiger partial charge is 0.467 e. The van der Waals surface area contributed by atoms with Crippen LogP contribution in [0.2, 0.25) is 0 Å². The predicted octanol–water partition coefficient (Wildman–Crippen LogP) is 1.20. The van der Waals surface area contributed by atoms with Crippen LogP contribution in [0.3, 0.4) is 0 Å². The lowest BCUT2D eigenvalue weighted by molar-refractivity contribution is -0.148. The van der Waals surface area contributed by atoms with Gasteiger partial charge >= 0.3 is 5.97 Å². The van der Waals surface area contributed by atoms with Crippen LogP contribution in [-0.2, 0) is 9.53 Å². The molecule has 1 aromatic heterocycles. The minimum atomic E-state index is -0.776. The average molecular weight is 211 g/mol. The molecule has 0 radical (unpaired) electrons. The monoisotopic (exact) mass is 211 g/mol. The van der Waals surface area contributed by atoms with Gasteiger partial charge in [0.15, 0.2) is 6.04 Å². The van der Waals surface area contributed by atoms with Gasteiger partial charge in [0.1, 0.15) is 0 Å². The van der Waals surface area contributed by atoms with E-state index in [4.69, 9.17) is 0 Å². The molecule has 15 heavy (non-hydrogen) atoms. The first-order valence-corrected chi connectivity index (χ1v) is 4.89. The van der Waals surface area contributed by atoms with Crippen molar-refractivity contribution < 1.29 is 14.6 Å². The SMILES string of the molecule is COC(=O)C(C(C)O)n1c(C)ccc1C. The molecular weight excluding hydrogens is 194 g/mol. The Labute approximate surface area is 89.5 Å². The smallest absolute Gasteiger partial charge is 0.331 e. The Hall–Kier alpha value is -1.29. The standard InChI is InChI=1S/C11H17NO3/c1-7-5-6-8(2)12(7)10(9(3)13)11(14)15-4/h5-6,9-10,13H,1-4H3. The molecule has 0 amide bonds. The molecule has 0 saturated carbocycles. The van der Waals surface area contributed by atoms with Crippen LogP contribution in [0.1, 0.15) is 24.4 Å². The van der Waals surface area contributed by atoms with Crippen molar-refractivity contribution in [1.29, 1.82) is 0 Å². The van der Waals surface area contributed by atoms with Crippen molar-refractivity contribution in [1.82, 2.24) is 4.57 Å². The van der Waals surface area contributed by atoms with Crippen molar-refractivity contribution in [2.45, 2.75) is 32.9 Å². The van der Waals surface area contributed by atoms with Crippen molar-refractivity contribution in [3.05, 3.63) is 23.5 Å². The Morgan fingerprint density at radius 3 is 2.20 bits per heavy atom. The summed E-state index contributed by atoms with van der Waals surface area (Å²) in [6.07, 6.45) is -0.776. The highest BCUT2D eigenvalue weighted by Crippen LogP contribution is 2.20. The summed E-state index contributed by atoms with van der Waals surface area (Å²) < 4.78 is 6.48. The Balaban J connectivity index is 3.15. The van der Waals surface area contributed by atoms with E-state index in [2.05, 4.69) is 4.74 Å². The van der Waals surface area contributed by atoms with Crippen molar-refractivity contribution >= 4 is 5.97 Å². The molecule has 0 fully saturated rings. The first-order valence-electron chi connectivity index (χ1n) is 4.89. The van der Waals surface area contributed by atoms with E-state index in [-0.39, 0.29) is 0 Å². The van der Waals surface area contributed by atoms with Crippen LogP contribution >= 0.6 is 0 Å². The van der Waals surface area contributed by atoms with Gasteiger partial charge in [-0.1, -0.05) is 0 Å². The summed E-state index contributed by atoms with van der Waals surface area (Å²) in [6.45, 7) is 5.37. The van der Waals surface area contributed by atoms with Gasteiger partial charge in [-0.25, -0.2) is 4.79 Å². The lowest BCUT2D eigenvalue weighted by Crippen LogP contribution is -2.31. The molecule has 0 spiro atoms. The van der Waals surface area contributed by atoms with E-state index in [0.717, 1.165) is 11.4 Å². The maximum absolute atomic E-state index is 11.6. The first-order chi connectivity index (χ1) is 6.99. The van der Waals surface area contributed by atoms with Gasteiger partial charge in [-0.2, -0.15) is 0 Å². The summed E-state index contributed by atoms with van der Waals surface area (Å²) >= 11 is 0. The molecule has 0 saturated heterocycles. The summed E-state index contributed by atoms with van der Waals surface area (Å²) in [6, 6.07) is 3.16. The Morgan fingerprint density at radius 1 is 1.40 bits per heavy atom. The van der Waals surface area contributed by atoms with Crippen LogP contribution in [0.25, 0.3) is 0 Å². The van der Waals surface area contributed by atoms with Crippen LogP contribution in [0.4, 0.5) is 0 Å². The number of carbonyl (C=O) groups excluding carboxylic acids is 1. The number of ether oxygens (including phenoxy) is 1. The minimum Gasteiger partial charge on any atom is -0.467 e. The molecule has 1 aromatic rings. The first kappa shape index (κ1) is 11.8. The Morgan fingerprint density at radius 2 is 1.87 bits per heavy atom. The van der Waals surface area contributed by atoms with Crippen LogP contribution in [0.5, 0.6) is 0 Å². The highest BCUT2D eigenvalue weighted by atomic mass is 16.5. The van der Waals surface area contributed by atoms with Gasteiger partial charge in [0, 0.05) is 11.4 Å². The maximum Gasteiger partial charge on any atom is 0.331 e. The van der Waals surface area contributed by atoms with Gasteiger partial charge in [0.2, 0.25) is 0 Å². The third-order valence-electron chi connectivity index (χ3n) is 2.50. The van der Waals surface area contributed by atoms with Crippen molar-refractivity contribution in [2.75, 3.05) is 7.11 Å². The molecule has 0 aliphatic rings. The number of aliphatic hydroxyl groups is 1. The number of hydrogen-bond donors (Lipinski definition) is 1. The second-order valence-corrected chi connectivity index (χ2v) is 3.69. The summed E-state index contributed by atoms with van der Waals surface area (Å²) in [4.78, 5) is 11.6. The zero-order chi connectivity index (χ0) is 11.6. The maximum atomic E-state index is 11.6. The summed E-state index contributed by atoms with van der Waals surface area (Å²) in [5.41, 5.74) is 1.87. The van der Waals surface area contributed by atoms with Gasteiger partial charge in [-0.3, -0.25) is 0 Å². The van der Waals surface area contributed by atoms with E-state index in [1.807, 2.05) is 26.0 Å². The van der Waals surface area contributed by atoms with E-state index < -0.39 is 18.1 Å². The Bertz CT molecular complexity index is 335. The van der Waals surface area contributed by atoms with Gasteiger partial charge in [0.25, 0.3) is 0 Å². The van der Waals surface area contributed by atoms with Crippen LogP contribution in [0.15, 0.2) is 12.1 Å². The summed E-state index contributed by atoms with van der Waals surface area (Å²) in [7, 11) is 1.33. The normalized spacial score (nSPS) is 14.7. The molecule has 4 nitrogen and oxygen atoms in total. The topological polar surface area (TPSA) is 51.5 Å². The van der Waals surface area contributed by atoms with Gasteiger partial charge in [0.05, 0.1) is 13.2 Å². The van der Waals surface area contributed by atoms with Gasteiger partial charge in [-0.05, 0) is 32.9 Å². The molecule has 2 unspecified atom stereocenters. The minimum absolute atomic E-state index is 0.424. The number of nitrogens with zero attached hydrogens (tertiary/aromatic N) is 1. The number of rotatable bonds is 3. The molecule has 0 bridgehead atoms. The molecule has 1 rings (SSSR count). The van der Waals surface area contributed by atoms with Crippen LogP contribution in [0, 0.1) is 13.8 Å². The number of hydrogen-bond acceptors (Lipinski definition) is 3. The van der Waals surface area contributed by atoms with E-state index in [1.54, 1.807) is 11.5 Å². The molecule has 1 heterocycles. The van der Waals surface area contributed by atoms with Crippen molar-refractivity contribution in [3.63, 3.8) is 0 Å². The fraction of sp³-hybridized carbons (Fsp3) is 0.545.